The number of rotatable bonds is 27. The summed E-state index contributed by atoms with van der Waals surface area (Å²) >= 11 is 0. The average Bonchev–Trinajstić information content (AvgIpc) is 2.99. The second kappa shape index (κ2) is 27.7. The number of aliphatic carboxylic acids is 1. The molecule has 0 spiro atoms. The number of carbonyl (C=O) groups excluding carboxylic acids is 2. The van der Waals surface area contributed by atoms with Crippen LogP contribution in [0.15, 0.2) is 60.8 Å². The van der Waals surface area contributed by atoms with Crippen LogP contribution >= 0.6 is 7.82 Å². The molecule has 0 saturated carbocycles. The van der Waals surface area contributed by atoms with E-state index in [9.17, 15) is 23.8 Å². The van der Waals surface area contributed by atoms with E-state index in [1.807, 2.05) is 12.2 Å². The molecule has 0 aliphatic carbocycles. The van der Waals surface area contributed by atoms with Crippen LogP contribution in [0.4, 0.5) is 0 Å². The molecule has 0 rings (SSSR count). The first-order chi connectivity index (χ1) is 21.1. The largest absolute Gasteiger partial charge is 0.480 e. The molecule has 3 unspecified atom stereocenters. The molecule has 3 atom stereocenters. The molecule has 44 heavy (non-hydrogen) atoms. The lowest BCUT2D eigenvalue weighted by atomic mass is 10.1. The lowest BCUT2D eigenvalue weighted by Crippen LogP contribution is -2.34. The highest BCUT2D eigenvalue weighted by Crippen LogP contribution is 2.43. The third-order valence-electron chi connectivity index (χ3n) is 5.81. The van der Waals surface area contributed by atoms with Gasteiger partial charge in [0.1, 0.15) is 12.6 Å². The number of carboxylic acid groups (broad SMARTS) is 1. The van der Waals surface area contributed by atoms with E-state index in [0.29, 0.717) is 12.8 Å². The van der Waals surface area contributed by atoms with Gasteiger partial charge in [0.25, 0.3) is 0 Å². The van der Waals surface area contributed by atoms with Gasteiger partial charge in [-0.05, 0) is 38.5 Å². The lowest BCUT2D eigenvalue weighted by Gasteiger charge is -2.20. The molecule has 0 aliphatic heterocycles. The minimum Gasteiger partial charge on any atom is -0.480 e. The second-order valence-electron chi connectivity index (χ2n) is 9.88. The van der Waals surface area contributed by atoms with Crippen LogP contribution in [-0.4, -0.2) is 59.9 Å². The number of hydrogen-bond donors (Lipinski definition) is 3. The molecule has 0 radical (unpaired) electrons. The summed E-state index contributed by atoms with van der Waals surface area (Å²) in [5.41, 5.74) is 5.27. The number of esters is 2. The van der Waals surface area contributed by atoms with E-state index in [0.717, 1.165) is 51.4 Å². The first-order valence-electron chi connectivity index (χ1n) is 15.3. The van der Waals surface area contributed by atoms with Crippen molar-refractivity contribution in [3.05, 3.63) is 60.8 Å². The number of phosphoric ester groups is 1. The third-order valence-corrected chi connectivity index (χ3v) is 6.76. The minimum atomic E-state index is -4.72. The summed E-state index contributed by atoms with van der Waals surface area (Å²) in [5, 5.41) is 8.79. The van der Waals surface area contributed by atoms with Gasteiger partial charge in [0.2, 0.25) is 0 Å². The molecule has 0 fully saturated rings. The van der Waals surface area contributed by atoms with E-state index in [1.54, 1.807) is 12.2 Å². The SMILES string of the molecule is CC/C=C\C/C=C\C/C=C\C/C=C\C/C=C\CC(=O)OC(COC(=O)CCCCCCC)COP(=O)(O)OCC(N)C(=O)O. The van der Waals surface area contributed by atoms with Crippen LogP contribution in [0.3, 0.4) is 0 Å². The van der Waals surface area contributed by atoms with Gasteiger partial charge < -0.3 is 25.2 Å². The Morgan fingerprint density at radius 3 is 1.80 bits per heavy atom. The van der Waals surface area contributed by atoms with E-state index >= 15 is 0 Å². The molecule has 0 aromatic heterocycles. The van der Waals surface area contributed by atoms with Gasteiger partial charge in [0.15, 0.2) is 6.10 Å². The van der Waals surface area contributed by atoms with Gasteiger partial charge in [-0.1, -0.05) is 100 Å². The van der Waals surface area contributed by atoms with Crippen LogP contribution in [0.1, 0.15) is 90.9 Å². The Bertz CT molecular complexity index is 990. The van der Waals surface area contributed by atoms with Crippen LogP contribution in [0.25, 0.3) is 0 Å². The number of carboxylic acids is 1. The van der Waals surface area contributed by atoms with Crippen molar-refractivity contribution < 1.29 is 47.5 Å². The molecular formula is C32H52NO10P. The Morgan fingerprint density at radius 1 is 0.727 bits per heavy atom. The van der Waals surface area contributed by atoms with E-state index in [4.69, 9.17) is 24.8 Å². The zero-order chi connectivity index (χ0) is 32.9. The number of hydrogen-bond acceptors (Lipinski definition) is 9. The molecule has 12 heteroatoms. The molecule has 0 heterocycles. The number of carbonyl (C=O) groups is 3. The normalized spacial score (nSPS) is 15.0. The molecule has 0 aromatic carbocycles. The summed E-state index contributed by atoms with van der Waals surface area (Å²) in [6.07, 6.45) is 28.2. The summed E-state index contributed by atoms with van der Waals surface area (Å²) in [6.45, 7) is 2.41. The predicted molar refractivity (Wildman–Crippen MR) is 171 cm³/mol. The van der Waals surface area contributed by atoms with Crippen molar-refractivity contribution in [2.24, 2.45) is 5.73 Å². The number of nitrogens with two attached hydrogens (primary N) is 1. The highest BCUT2D eigenvalue weighted by Gasteiger charge is 2.28. The second-order valence-corrected chi connectivity index (χ2v) is 11.3. The van der Waals surface area contributed by atoms with Crippen LogP contribution < -0.4 is 5.73 Å². The maximum atomic E-state index is 12.4. The standard InChI is InChI=1S/C32H52NO10P/c1-3-5-7-9-10-11-12-13-14-15-16-17-18-20-22-24-31(35)43-28(25-40-30(34)23-21-19-8-6-4-2)26-41-44(38,39)42-27-29(33)32(36)37/h5,7,10-11,13-14,16-17,20,22,28-29H,3-4,6,8-9,12,15,18-19,21,23-27,33H2,1-2H3,(H,36,37)(H,38,39)/b7-5-,11-10-,14-13-,17-16-,22-20-. The van der Waals surface area contributed by atoms with Gasteiger partial charge in [-0.15, -0.1) is 0 Å². The Labute approximate surface area is 262 Å². The predicted octanol–water partition coefficient (Wildman–Crippen LogP) is 6.49. The van der Waals surface area contributed by atoms with Gasteiger partial charge in [-0.25, -0.2) is 4.57 Å². The number of allylic oxidation sites excluding steroid dienone is 9. The summed E-state index contributed by atoms with van der Waals surface area (Å²) in [4.78, 5) is 45.1. The molecule has 11 nitrogen and oxygen atoms in total. The van der Waals surface area contributed by atoms with Crippen LogP contribution in [0.5, 0.6) is 0 Å². The van der Waals surface area contributed by atoms with E-state index < -0.39 is 51.1 Å². The molecule has 0 aliphatic rings. The Kier molecular flexibility index (Phi) is 25.9. The van der Waals surface area contributed by atoms with Crippen LogP contribution in [0, 0.1) is 0 Å². The van der Waals surface area contributed by atoms with Gasteiger partial charge in [-0.3, -0.25) is 23.4 Å². The molecule has 0 saturated heterocycles. The highest BCUT2D eigenvalue weighted by molar-refractivity contribution is 7.47. The monoisotopic (exact) mass is 641 g/mol. The average molecular weight is 642 g/mol. The first-order valence-corrected chi connectivity index (χ1v) is 16.8. The van der Waals surface area contributed by atoms with Gasteiger partial charge in [0.05, 0.1) is 19.6 Å². The molecular weight excluding hydrogens is 589 g/mol. The lowest BCUT2D eigenvalue weighted by molar-refractivity contribution is -0.160. The van der Waals surface area contributed by atoms with Gasteiger partial charge >= 0.3 is 25.7 Å². The van der Waals surface area contributed by atoms with Crippen LogP contribution in [-0.2, 0) is 37.5 Å². The minimum absolute atomic E-state index is 0.0733. The fraction of sp³-hybridized carbons (Fsp3) is 0.594. The van der Waals surface area contributed by atoms with Crippen LogP contribution in [0.2, 0.25) is 0 Å². The summed E-state index contributed by atoms with van der Waals surface area (Å²) < 4.78 is 32.0. The van der Waals surface area contributed by atoms with Crippen molar-refractivity contribution in [2.75, 3.05) is 19.8 Å². The number of ether oxygens (including phenoxy) is 2. The summed E-state index contributed by atoms with van der Waals surface area (Å²) in [7, 11) is -4.72. The topological polar surface area (TPSA) is 172 Å². The smallest absolute Gasteiger partial charge is 0.472 e. The van der Waals surface area contributed by atoms with E-state index in [1.165, 1.54) is 0 Å². The Balaban J connectivity index is 4.67. The van der Waals surface area contributed by atoms with Crippen molar-refractivity contribution >= 4 is 25.7 Å². The fourth-order valence-corrected chi connectivity index (χ4v) is 4.15. The fourth-order valence-electron chi connectivity index (χ4n) is 3.37. The van der Waals surface area contributed by atoms with E-state index in [-0.39, 0.29) is 19.4 Å². The van der Waals surface area contributed by atoms with Gasteiger partial charge in [0, 0.05) is 6.42 Å². The zero-order valence-corrected chi connectivity index (χ0v) is 27.1. The number of phosphoric acid groups is 1. The van der Waals surface area contributed by atoms with Gasteiger partial charge in [-0.2, -0.15) is 0 Å². The summed E-state index contributed by atoms with van der Waals surface area (Å²) in [5.74, 6) is -2.57. The first kappa shape index (κ1) is 41.2. The third kappa shape index (κ3) is 26.8. The maximum absolute atomic E-state index is 12.4. The van der Waals surface area contributed by atoms with Crippen molar-refractivity contribution in [2.45, 2.75) is 103 Å². The molecule has 250 valence electrons. The molecule has 0 amide bonds. The Hall–Kier alpha value is -2.82. The van der Waals surface area contributed by atoms with E-state index in [2.05, 4.69) is 54.8 Å². The zero-order valence-electron chi connectivity index (χ0n) is 26.2. The number of unbranched alkanes of at least 4 members (excludes halogenated alkanes) is 4. The quantitative estimate of drug-likeness (QED) is 0.0387. The van der Waals surface area contributed by atoms with Crippen molar-refractivity contribution in [3.8, 4) is 0 Å². The summed E-state index contributed by atoms with van der Waals surface area (Å²) in [6, 6.07) is -1.53. The molecule has 0 aromatic rings. The Morgan fingerprint density at radius 2 is 1.25 bits per heavy atom. The molecule has 0 bridgehead atoms. The van der Waals surface area contributed by atoms with Crippen molar-refractivity contribution in [3.63, 3.8) is 0 Å². The maximum Gasteiger partial charge on any atom is 0.472 e. The van der Waals surface area contributed by atoms with Crippen molar-refractivity contribution in [1.82, 2.24) is 0 Å². The highest BCUT2D eigenvalue weighted by atomic mass is 31.2. The van der Waals surface area contributed by atoms with Crippen molar-refractivity contribution in [1.29, 1.82) is 0 Å². The molecule has 4 N–H and O–H groups in total.